The number of rotatable bonds is 5. The van der Waals surface area contributed by atoms with Crippen LogP contribution in [0.3, 0.4) is 0 Å². The molecule has 2 rings (SSSR count). The minimum atomic E-state index is -0.448. The van der Waals surface area contributed by atoms with Crippen molar-refractivity contribution in [1.82, 2.24) is 14.8 Å². The van der Waals surface area contributed by atoms with Crippen molar-refractivity contribution in [2.24, 2.45) is 0 Å². The molecule has 19 heavy (non-hydrogen) atoms. The van der Waals surface area contributed by atoms with Crippen LogP contribution in [0.2, 0.25) is 0 Å². The molecule has 100 valence electrons. The van der Waals surface area contributed by atoms with E-state index in [1.807, 2.05) is 17.8 Å². The van der Waals surface area contributed by atoms with E-state index in [4.69, 9.17) is 0 Å². The van der Waals surface area contributed by atoms with Crippen molar-refractivity contribution in [2.75, 3.05) is 11.9 Å². The molecule has 1 N–H and O–H groups in total. The molecule has 0 aliphatic carbocycles. The van der Waals surface area contributed by atoms with Gasteiger partial charge in [-0.2, -0.15) is 5.10 Å². The number of aryl methyl sites for hydroxylation is 2. The van der Waals surface area contributed by atoms with Crippen molar-refractivity contribution < 1.29 is 4.92 Å². The smallest absolute Gasteiger partial charge is 0.287 e. The molecule has 2 heterocycles. The van der Waals surface area contributed by atoms with Crippen molar-refractivity contribution in [3.8, 4) is 0 Å². The molecule has 2 aromatic heterocycles. The third kappa shape index (κ3) is 3.27. The van der Waals surface area contributed by atoms with Crippen LogP contribution in [-0.4, -0.2) is 26.2 Å². The highest BCUT2D eigenvalue weighted by Crippen LogP contribution is 2.17. The zero-order chi connectivity index (χ0) is 13.8. The first kappa shape index (κ1) is 13.0. The lowest BCUT2D eigenvalue weighted by Gasteiger charge is -2.08. The number of hydrogen-bond donors (Lipinski definition) is 1. The first-order valence-electron chi connectivity index (χ1n) is 5.90. The predicted octanol–water partition coefficient (Wildman–Crippen LogP) is 1.92. The Balaban J connectivity index is 1.94. The van der Waals surface area contributed by atoms with E-state index < -0.39 is 4.92 Å². The molecule has 0 atom stereocenters. The second kappa shape index (κ2) is 5.47. The van der Waals surface area contributed by atoms with E-state index in [1.165, 1.54) is 12.3 Å². The summed E-state index contributed by atoms with van der Waals surface area (Å²) < 4.78 is 1.84. The molecule has 0 spiro atoms. The highest BCUT2D eigenvalue weighted by atomic mass is 16.6. The van der Waals surface area contributed by atoms with Gasteiger partial charge in [0.25, 0.3) is 5.69 Å². The summed E-state index contributed by atoms with van der Waals surface area (Å²) >= 11 is 0. The van der Waals surface area contributed by atoms with Crippen LogP contribution in [0.15, 0.2) is 24.7 Å². The Kier molecular flexibility index (Phi) is 3.74. The zero-order valence-electron chi connectivity index (χ0n) is 10.8. The zero-order valence-corrected chi connectivity index (χ0v) is 10.8. The molecule has 0 saturated heterocycles. The van der Waals surface area contributed by atoms with Crippen LogP contribution < -0.4 is 5.32 Å². The monoisotopic (exact) mass is 261 g/mol. The lowest BCUT2D eigenvalue weighted by Crippen LogP contribution is -2.12. The van der Waals surface area contributed by atoms with Crippen LogP contribution >= 0.6 is 0 Å². The Morgan fingerprint density at radius 3 is 2.79 bits per heavy atom. The van der Waals surface area contributed by atoms with Gasteiger partial charge in [0.1, 0.15) is 12.0 Å². The molecule has 7 heteroatoms. The molecule has 0 aliphatic rings. The average Bonchev–Trinajstić information content (AvgIpc) is 2.77. The minimum Gasteiger partial charge on any atom is -0.368 e. The van der Waals surface area contributed by atoms with Gasteiger partial charge in [0.05, 0.1) is 17.7 Å². The van der Waals surface area contributed by atoms with E-state index in [0.717, 1.165) is 11.1 Å². The van der Waals surface area contributed by atoms with Crippen molar-refractivity contribution in [3.05, 3.63) is 45.9 Å². The van der Waals surface area contributed by atoms with Gasteiger partial charge >= 0.3 is 0 Å². The first-order chi connectivity index (χ1) is 9.06. The van der Waals surface area contributed by atoms with Gasteiger partial charge in [-0.1, -0.05) is 0 Å². The lowest BCUT2D eigenvalue weighted by atomic mass is 10.2. The summed E-state index contributed by atoms with van der Waals surface area (Å²) in [4.78, 5) is 14.2. The van der Waals surface area contributed by atoms with Crippen molar-refractivity contribution in [2.45, 2.75) is 20.4 Å². The topological polar surface area (TPSA) is 85.9 Å². The summed E-state index contributed by atoms with van der Waals surface area (Å²) in [6, 6.07) is 1.51. The van der Waals surface area contributed by atoms with Crippen LogP contribution in [0.1, 0.15) is 11.1 Å². The Bertz CT molecular complexity index is 594. The largest absolute Gasteiger partial charge is 0.368 e. The molecular weight excluding hydrogens is 246 g/mol. The van der Waals surface area contributed by atoms with Crippen molar-refractivity contribution in [1.29, 1.82) is 0 Å². The first-order valence-corrected chi connectivity index (χ1v) is 5.90. The summed E-state index contributed by atoms with van der Waals surface area (Å²) in [7, 11) is 0. The molecule has 0 bridgehead atoms. The SMILES string of the molecule is Cc1cnn(CCNc2ncc([N+](=O)[O-])cc2C)c1. The van der Waals surface area contributed by atoms with E-state index in [-0.39, 0.29) is 5.69 Å². The third-order valence-corrected chi connectivity index (χ3v) is 2.67. The number of pyridine rings is 1. The molecule has 0 fully saturated rings. The molecule has 0 saturated carbocycles. The maximum atomic E-state index is 10.6. The molecule has 0 radical (unpaired) electrons. The number of anilines is 1. The molecule has 2 aromatic rings. The Morgan fingerprint density at radius 1 is 1.42 bits per heavy atom. The van der Waals surface area contributed by atoms with Gasteiger partial charge in [-0.05, 0) is 25.0 Å². The molecule has 0 amide bonds. The van der Waals surface area contributed by atoms with Gasteiger partial charge in [0.15, 0.2) is 0 Å². The lowest BCUT2D eigenvalue weighted by molar-refractivity contribution is -0.385. The van der Waals surface area contributed by atoms with Gasteiger partial charge in [-0.3, -0.25) is 14.8 Å². The van der Waals surface area contributed by atoms with Crippen LogP contribution in [0.4, 0.5) is 11.5 Å². The van der Waals surface area contributed by atoms with E-state index in [1.54, 1.807) is 13.1 Å². The number of nitrogens with zero attached hydrogens (tertiary/aromatic N) is 4. The Morgan fingerprint density at radius 2 is 2.21 bits per heavy atom. The summed E-state index contributed by atoms with van der Waals surface area (Å²) in [6.07, 6.45) is 5.01. The van der Waals surface area contributed by atoms with Crippen LogP contribution in [0.25, 0.3) is 0 Å². The predicted molar refractivity (Wildman–Crippen MR) is 71.1 cm³/mol. The van der Waals surface area contributed by atoms with Crippen LogP contribution in [-0.2, 0) is 6.54 Å². The summed E-state index contributed by atoms with van der Waals surface area (Å²) in [5.74, 6) is 0.662. The Labute approximate surface area is 110 Å². The highest BCUT2D eigenvalue weighted by molar-refractivity contribution is 5.48. The summed E-state index contributed by atoms with van der Waals surface area (Å²) in [6.45, 7) is 5.15. The molecular formula is C12H15N5O2. The third-order valence-electron chi connectivity index (χ3n) is 2.67. The minimum absolute atomic E-state index is 0.00533. The van der Waals surface area contributed by atoms with Gasteiger partial charge in [0, 0.05) is 18.8 Å². The fourth-order valence-corrected chi connectivity index (χ4v) is 1.72. The van der Waals surface area contributed by atoms with E-state index in [0.29, 0.717) is 18.9 Å². The van der Waals surface area contributed by atoms with Gasteiger partial charge in [0.2, 0.25) is 0 Å². The highest BCUT2D eigenvalue weighted by Gasteiger charge is 2.08. The van der Waals surface area contributed by atoms with Gasteiger partial charge in [-0.15, -0.1) is 0 Å². The maximum Gasteiger partial charge on any atom is 0.287 e. The fourth-order valence-electron chi connectivity index (χ4n) is 1.72. The number of nitrogens with one attached hydrogen (secondary N) is 1. The number of aromatic nitrogens is 3. The van der Waals surface area contributed by atoms with E-state index >= 15 is 0 Å². The quantitative estimate of drug-likeness (QED) is 0.656. The van der Waals surface area contributed by atoms with Crippen LogP contribution in [0, 0.1) is 24.0 Å². The average molecular weight is 261 g/mol. The van der Waals surface area contributed by atoms with Crippen molar-refractivity contribution in [3.63, 3.8) is 0 Å². The van der Waals surface area contributed by atoms with E-state index in [9.17, 15) is 10.1 Å². The van der Waals surface area contributed by atoms with E-state index in [2.05, 4.69) is 15.4 Å². The molecule has 0 unspecified atom stereocenters. The second-order valence-electron chi connectivity index (χ2n) is 4.32. The maximum absolute atomic E-state index is 10.6. The number of nitro groups is 1. The van der Waals surface area contributed by atoms with Gasteiger partial charge < -0.3 is 5.32 Å². The van der Waals surface area contributed by atoms with Crippen molar-refractivity contribution >= 4 is 11.5 Å². The van der Waals surface area contributed by atoms with Crippen LogP contribution in [0.5, 0.6) is 0 Å². The standard InChI is InChI=1S/C12H15N5O2/c1-9-6-15-16(8-9)4-3-13-12-10(2)5-11(7-14-12)17(18)19/h5-8H,3-4H2,1-2H3,(H,13,14). The number of hydrogen-bond acceptors (Lipinski definition) is 5. The summed E-state index contributed by atoms with van der Waals surface area (Å²) in [5.41, 5.74) is 1.88. The van der Waals surface area contributed by atoms with Gasteiger partial charge in [-0.25, -0.2) is 4.98 Å². The molecule has 0 aromatic carbocycles. The Hall–Kier alpha value is -2.44. The normalized spacial score (nSPS) is 10.4. The summed E-state index contributed by atoms with van der Waals surface area (Å²) in [5, 5.41) is 17.9. The molecule has 7 nitrogen and oxygen atoms in total. The molecule has 0 aliphatic heterocycles. The fraction of sp³-hybridized carbons (Fsp3) is 0.333. The second-order valence-corrected chi connectivity index (χ2v) is 4.32.